The molecule has 0 spiro atoms. The van der Waals surface area contributed by atoms with E-state index in [9.17, 15) is 9.59 Å². The zero-order valence-corrected chi connectivity index (χ0v) is 16.6. The van der Waals surface area contributed by atoms with Gasteiger partial charge < -0.3 is 9.47 Å². The van der Waals surface area contributed by atoms with Crippen LogP contribution >= 0.6 is 0 Å². The minimum absolute atomic E-state index is 0.0589. The third-order valence-corrected chi connectivity index (χ3v) is 6.63. The molecule has 0 radical (unpaired) electrons. The van der Waals surface area contributed by atoms with Crippen molar-refractivity contribution >= 4 is 11.8 Å². The zero-order valence-electron chi connectivity index (χ0n) is 16.6. The maximum Gasteiger partial charge on any atom is 0.319 e. The summed E-state index contributed by atoms with van der Waals surface area (Å²) in [6.07, 6.45) is 6.44. The molecule has 0 unspecified atom stereocenters. The SMILES string of the molecule is CCOC(=O)[C@@]1(C(=O)COCc2ccccc2)C[C@@H]2C=CC[C@@H](C)[C@]2(C)C1. The Labute approximate surface area is 161 Å². The predicted molar refractivity (Wildman–Crippen MR) is 104 cm³/mol. The van der Waals surface area contributed by atoms with Crippen molar-refractivity contribution in [3.05, 3.63) is 48.0 Å². The second kappa shape index (κ2) is 7.97. The molecule has 0 heterocycles. The van der Waals surface area contributed by atoms with E-state index in [1.54, 1.807) is 6.92 Å². The largest absolute Gasteiger partial charge is 0.465 e. The molecule has 0 aliphatic heterocycles. The van der Waals surface area contributed by atoms with E-state index in [-0.39, 0.29) is 36.3 Å². The minimum atomic E-state index is -1.09. The monoisotopic (exact) mass is 370 g/mol. The van der Waals surface area contributed by atoms with Gasteiger partial charge in [-0.3, -0.25) is 9.59 Å². The first-order valence-electron chi connectivity index (χ1n) is 9.91. The molecule has 1 aromatic rings. The first kappa shape index (κ1) is 19.8. The highest BCUT2D eigenvalue weighted by molar-refractivity contribution is 6.05. The topological polar surface area (TPSA) is 52.6 Å². The molecule has 146 valence electrons. The Kier molecular flexibility index (Phi) is 5.85. The molecule has 3 rings (SSSR count). The van der Waals surface area contributed by atoms with Gasteiger partial charge in [0.15, 0.2) is 5.78 Å². The van der Waals surface area contributed by atoms with Gasteiger partial charge in [0.1, 0.15) is 12.0 Å². The molecule has 0 saturated heterocycles. The Balaban J connectivity index is 1.76. The number of rotatable bonds is 7. The lowest BCUT2D eigenvalue weighted by molar-refractivity contribution is -0.162. The molecule has 1 fully saturated rings. The van der Waals surface area contributed by atoms with Crippen LogP contribution in [0, 0.1) is 22.7 Å². The summed E-state index contributed by atoms with van der Waals surface area (Å²) in [5, 5.41) is 0. The number of ether oxygens (including phenoxy) is 2. The molecular formula is C23H30O4. The van der Waals surface area contributed by atoms with Crippen LogP contribution in [0.2, 0.25) is 0 Å². The second-order valence-corrected chi connectivity index (χ2v) is 8.26. The van der Waals surface area contributed by atoms with E-state index in [0.29, 0.717) is 25.4 Å². The number of Topliss-reactive ketones (excluding diaryl/α,β-unsaturated/α-hetero) is 1. The molecule has 27 heavy (non-hydrogen) atoms. The van der Waals surface area contributed by atoms with Gasteiger partial charge in [0.25, 0.3) is 0 Å². The Morgan fingerprint density at radius 1 is 1.22 bits per heavy atom. The molecule has 0 bridgehead atoms. The molecule has 0 aromatic heterocycles. The number of carbonyl (C=O) groups is 2. The molecule has 1 aromatic carbocycles. The van der Waals surface area contributed by atoms with Crippen molar-refractivity contribution in [3.8, 4) is 0 Å². The normalized spacial score (nSPS) is 32.1. The number of hydrogen-bond donors (Lipinski definition) is 0. The third kappa shape index (κ3) is 3.73. The summed E-state index contributed by atoms with van der Waals surface area (Å²) >= 11 is 0. The molecule has 4 nitrogen and oxygen atoms in total. The van der Waals surface area contributed by atoms with Crippen LogP contribution in [0.5, 0.6) is 0 Å². The van der Waals surface area contributed by atoms with Crippen molar-refractivity contribution in [1.82, 2.24) is 0 Å². The van der Waals surface area contributed by atoms with Gasteiger partial charge in [-0.15, -0.1) is 0 Å². The molecule has 0 N–H and O–H groups in total. The summed E-state index contributed by atoms with van der Waals surface area (Å²) < 4.78 is 11.0. The predicted octanol–water partition coefficient (Wildman–Crippen LogP) is 4.33. The fourth-order valence-corrected chi connectivity index (χ4v) is 4.73. The Hall–Kier alpha value is -1.94. The van der Waals surface area contributed by atoms with Crippen molar-refractivity contribution in [3.63, 3.8) is 0 Å². The summed E-state index contributed by atoms with van der Waals surface area (Å²) in [4.78, 5) is 26.1. The van der Waals surface area contributed by atoms with E-state index in [1.807, 2.05) is 30.3 Å². The highest BCUT2D eigenvalue weighted by Crippen LogP contribution is 2.60. The van der Waals surface area contributed by atoms with E-state index >= 15 is 0 Å². The first-order valence-corrected chi connectivity index (χ1v) is 9.91. The van der Waals surface area contributed by atoms with Crippen molar-refractivity contribution in [2.24, 2.45) is 22.7 Å². The minimum Gasteiger partial charge on any atom is -0.465 e. The Morgan fingerprint density at radius 3 is 2.63 bits per heavy atom. The number of fused-ring (bicyclic) bond motifs is 1. The van der Waals surface area contributed by atoms with Crippen molar-refractivity contribution < 1.29 is 19.1 Å². The highest BCUT2D eigenvalue weighted by Gasteiger charge is 2.61. The van der Waals surface area contributed by atoms with Crippen molar-refractivity contribution in [2.45, 2.75) is 46.6 Å². The average Bonchev–Trinajstić information content (AvgIpc) is 2.99. The maximum absolute atomic E-state index is 13.2. The van der Waals surface area contributed by atoms with Gasteiger partial charge in [-0.2, -0.15) is 0 Å². The van der Waals surface area contributed by atoms with Crippen molar-refractivity contribution in [1.29, 1.82) is 0 Å². The van der Waals surface area contributed by atoms with E-state index in [0.717, 1.165) is 12.0 Å². The molecule has 4 atom stereocenters. The molecule has 0 amide bonds. The summed E-state index contributed by atoms with van der Waals surface area (Å²) in [5.74, 6) is 0.133. The molecule has 4 heteroatoms. The molecular weight excluding hydrogens is 340 g/mol. The quantitative estimate of drug-likeness (QED) is 0.407. The summed E-state index contributed by atoms with van der Waals surface area (Å²) in [5.41, 5.74) is -0.134. The van der Waals surface area contributed by atoms with Crippen LogP contribution in [0.25, 0.3) is 0 Å². The lowest BCUT2D eigenvalue weighted by atomic mass is 9.65. The van der Waals surface area contributed by atoms with Gasteiger partial charge in [-0.25, -0.2) is 0 Å². The van der Waals surface area contributed by atoms with Gasteiger partial charge in [0, 0.05) is 0 Å². The summed E-state index contributed by atoms with van der Waals surface area (Å²) in [7, 11) is 0. The van der Waals surface area contributed by atoms with Crippen LogP contribution in [0.15, 0.2) is 42.5 Å². The number of carbonyl (C=O) groups excluding carboxylic acids is 2. The zero-order chi connectivity index (χ0) is 19.5. The Morgan fingerprint density at radius 2 is 1.96 bits per heavy atom. The van der Waals surface area contributed by atoms with E-state index in [1.165, 1.54) is 0 Å². The van der Waals surface area contributed by atoms with Crippen LogP contribution in [0.1, 0.15) is 45.6 Å². The number of allylic oxidation sites excluding steroid dienone is 2. The van der Waals surface area contributed by atoms with Crippen LogP contribution in [-0.2, 0) is 25.7 Å². The van der Waals surface area contributed by atoms with Crippen LogP contribution in [0.3, 0.4) is 0 Å². The Bertz CT molecular complexity index is 710. The number of hydrogen-bond acceptors (Lipinski definition) is 4. The van der Waals surface area contributed by atoms with Crippen molar-refractivity contribution in [2.75, 3.05) is 13.2 Å². The fraction of sp³-hybridized carbons (Fsp3) is 0.565. The molecule has 2 aliphatic rings. The number of esters is 1. The number of ketones is 1. The lowest BCUT2D eigenvalue weighted by Gasteiger charge is -2.39. The smallest absolute Gasteiger partial charge is 0.319 e. The van der Waals surface area contributed by atoms with Gasteiger partial charge in [0.05, 0.1) is 13.2 Å². The van der Waals surface area contributed by atoms with Crippen LogP contribution in [0.4, 0.5) is 0 Å². The van der Waals surface area contributed by atoms with Gasteiger partial charge in [-0.1, -0.05) is 56.3 Å². The first-order chi connectivity index (χ1) is 12.9. The maximum atomic E-state index is 13.2. The van der Waals surface area contributed by atoms with Crippen LogP contribution in [-0.4, -0.2) is 25.0 Å². The third-order valence-electron chi connectivity index (χ3n) is 6.63. The van der Waals surface area contributed by atoms with Gasteiger partial charge >= 0.3 is 5.97 Å². The van der Waals surface area contributed by atoms with Gasteiger partial charge in [-0.05, 0) is 49.0 Å². The summed E-state index contributed by atoms with van der Waals surface area (Å²) in [6, 6.07) is 9.75. The van der Waals surface area contributed by atoms with E-state index < -0.39 is 5.41 Å². The lowest BCUT2D eigenvalue weighted by Crippen LogP contribution is -2.42. The van der Waals surface area contributed by atoms with E-state index in [2.05, 4.69) is 26.0 Å². The fourth-order valence-electron chi connectivity index (χ4n) is 4.73. The average molecular weight is 370 g/mol. The van der Waals surface area contributed by atoms with Gasteiger partial charge in [0.2, 0.25) is 0 Å². The molecule has 2 aliphatic carbocycles. The number of benzene rings is 1. The van der Waals surface area contributed by atoms with Crippen LogP contribution < -0.4 is 0 Å². The second-order valence-electron chi connectivity index (χ2n) is 8.26. The highest BCUT2D eigenvalue weighted by atomic mass is 16.5. The standard InChI is InChI=1S/C23H30O4/c1-4-27-21(25)23(13-19-12-8-9-17(2)22(19,3)16-23)20(24)15-26-14-18-10-6-5-7-11-18/h5-8,10-12,17,19H,4,9,13-16H2,1-3H3/t17-,19+,22+,23+/m1/s1. The molecule has 1 saturated carbocycles. The van der Waals surface area contributed by atoms with E-state index in [4.69, 9.17) is 9.47 Å². The summed E-state index contributed by atoms with van der Waals surface area (Å²) in [6.45, 7) is 6.80.